The fourth-order valence-electron chi connectivity index (χ4n) is 3.72. The molecule has 1 atom stereocenters. The standard InChI is InChI=1S/C21H20N2O2/c22-21(25)19-11-15-6-1-2-7-16(15)12-23(19)13-18-17-8-4-3-5-14(17)9-10-20(18)24/h1-10,19,24H,11-13H2,(H2,22,25)/t19-/m1/s1. The predicted molar refractivity (Wildman–Crippen MR) is 98.0 cm³/mol. The minimum atomic E-state index is -0.367. The van der Waals surface area contributed by atoms with Crippen LogP contribution in [0.25, 0.3) is 10.8 Å². The van der Waals surface area contributed by atoms with Gasteiger partial charge < -0.3 is 10.8 Å². The van der Waals surface area contributed by atoms with E-state index in [0.29, 0.717) is 19.5 Å². The first-order valence-electron chi connectivity index (χ1n) is 8.43. The van der Waals surface area contributed by atoms with Crippen molar-refractivity contribution in [3.63, 3.8) is 0 Å². The van der Waals surface area contributed by atoms with Crippen molar-refractivity contribution in [3.05, 3.63) is 77.4 Å². The van der Waals surface area contributed by atoms with Gasteiger partial charge in [-0.3, -0.25) is 9.69 Å². The van der Waals surface area contributed by atoms with E-state index in [1.807, 2.05) is 42.5 Å². The molecule has 0 radical (unpaired) electrons. The summed E-state index contributed by atoms with van der Waals surface area (Å²) >= 11 is 0. The highest BCUT2D eigenvalue weighted by molar-refractivity contribution is 5.88. The molecule has 0 fully saturated rings. The van der Waals surface area contributed by atoms with Gasteiger partial charge in [0.05, 0.1) is 6.04 Å². The van der Waals surface area contributed by atoms with E-state index in [1.54, 1.807) is 6.07 Å². The first kappa shape index (κ1) is 15.7. The van der Waals surface area contributed by atoms with Crippen molar-refractivity contribution >= 4 is 16.7 Å². The number of amides is 1. The lowest BCUT2D eigenvalue weighted by Gasteiger charge is -2.35. The van der Waals surface area contributed by atoms with E-state index in [-0.39, 0.29) is 17.7 Å². The number of nitrogens with two attached hydrogens (primary N) is 1. The van der Waals surface area contributed by atoms with Crippen molar-refractivity contribution < 1.29 is 9.90 Å². The van der Waals surface area contributed by atoms with Crippen molar-refractivity contribution in [2.75, 3.05) is 0 Å². The predicted octanol–water partition coefficient (Wildman–Crippen LogP) is 2.96. The van der Waals surface area contributed by atoms with Crippen LogP contribution in [0.3, 0.4) is 0 Å². The fraction of sp³-hybridized carbons (Fsp3) is 0.190. The SMILES string of the molecule is NC(=O)[C@H]1Cc2ccccc2CN1Cc1c(O)ccc2ccccc12. The van der Waals surface area contributed by atoms with Crippen LogP contribution >= 0.6 is 0 Å². The number of benzene rings is 3. The zero-order valence-electron chi connectivity index (χ0n) is 13.9. The lowest BCUT2D eigenvalue weighted by molar-refractivity contribution is -0.124. The minimum absolute atomic E-state index is 0.251. The van der Waals surface area contributed by atoms with E-state index < -0.39 is 0 Å². The van der Waals surface area contributed by atoms with Crippen molar-refractivity contribution in [2.24, 2.45) is 5.73 Å². The van der Waals surface area contributed by atoms with Crippen molar-refractivity contribution in [1.82, 2.24) is 4.90 Å². The van der Waals surface area contributed by atoms with Gasteiger partial charge in [0.15, 0.2) is 0 Å². The van der Waals surface area contributed by atoms with Gasteiger partial charge in [0.2, 0.25) is 5.91 Å². The van der Waals surface area contributed by atoms with Gasteiger partial charge in [0.25, 0.3) is 0 Å². The monoisotopic (exact) mass is 332 g/mol. The second-order valence-electron chi connectivity index (χ2n) is 6.58. The highest BCUT2D eigenvalue weighted by atomic mass is 16.3. The molecule has 3 N–H and O–H groups in total. The number of fused-ring (bicyclic) bond motifs is 2. The third-order valence-electron chi connectivity index (χ3n) is 5.05. The van der Waals surface area contributed by atoms with Crippen LogP contribution in [-0.2, 0) is 24.3 Å². The molecule has 25 heavy (non-hydrogen) atoms. The molecule has 4 rings (SSSR count). The van der Waals surface area contributed by atoms with Crippen LogP contribution in [-0.4, -0.2) is 22.0 Å². The van der Waals surface area contributed by atoms with Gasteiger partial charge in [-0.15, -0.1) is 0 Å². The molecule has 3 aromatic rings. The van der Waals surface area contributed by atoms with Crippen LogP contribution in [0.1, 0.15) is 16.7 Å². The van der Waals surface area contributed by atoms with E-state index in [0.717, 1.165) is 16.3 Å². The number of hydrogen-bond donors (Lipinski definition) is 2. The summed E-state index contributed by atoms with van der Waals surface area (Å²) in [5.41, 5.74) is 8.89. The summed E-state index contributed by atoms with van der Waals surface area (Å²) in [4.78, 5) is 14.1. The second kappa shape index (κ2) is 6.22. The van der Waals surface area contributed by atoms with Gasteiger partial charge in [-0.25, -0.2) is 0 Å². The summed E-state index contributed by atoms with van der Waals surface area (Å²) in [7, 11) is 0. The van der Waals surface area contributed by atoms with Crippen LogP contribution in [0.15, 0.2) is 60.7 Å². The van der Waals surface area contributed by atoms with Gasteiger partial charge in [-0.2, -0.15) is 0 Å². The summed E-state index contributed by atoms with van der Waals surface area (Å²) in [6, 6.07) is 19.4. The Bertz CT molecular complexity index is 952. The van der Waals surface area contributed by atoms with Crippen LogP contribution in [0.5, 0.6) is 5.75 Å². The molecule has 1 amide bonds. The largest absolute Gasteiger partial charge is 0.508 e. The lowest BCUT2D eigenvalue weighted by Crippen LogP contribution is -2.48. The first-order valence-corrected chi connectivity index (χ1v) is 8.43. The molecule has 0 aromatic heterocycles. The molecule has 3 aromatic carbocycles. The zero-order chi connectivity index (χ0) is 17.4. The molecule has 4 heteroatoms. The van der Waals surface area contributed by atoms with Crippen LogP contribution < -0.4 is 5.73 Å². The Morgan fingerprint density at radius 2 is 1.76 bits per heavy atom. The third kappa shape index (κ3) is 2.85. The number of aromatic hydroxyl groups is 1. The maximum absolute atomic E-state index is 12.0. The van der Waals surface area contributed by atoms with Gasteiger partial charge in [-0.05, 0) is 34.4 Å². The number of phenols is 1. The summed E-state index contributed by atoms with van der Waals surface area (Å²) in [6.45, 7) is 1.13. The average molecular weight is 332 g/mol. The number of carbonyl (C=O) groups excluding carboxylic acids is 1. The molecule has 0 spiro atoms. The van der Waals surface area contributed by atoms with E-state index in [4.69, 9.17) is 5.73 Å². The molecule has 0 unspecified atom stereocenters. The van der Waals surface area contributed by atoms with Crippen LogP contribution in [0, 0.1) is 0 Å². The summed E-state index contributed by atoms with van der Waals surface area (Å²) in [5, 5.41) is 12.5. The van der Waals surface area contributed by atoms with Crippen molar-refractivity contribution in [1.29, 1.82) is 0 Å². The van der Waals surface area contributed by atoms with Gasteiger partial charge in [-0.1, -0.05) is 54.6 Å². The van der Waals surface area contributed by atoms with Crippen molar-refractivity contribution in [3.8, 4) is 5.75 Å². The average Bonchev–Trinajstić information content (AvgIpc) is 2.63. The number of rotatable bonds is 3. The second-order valence-corrected chi connectivity index (χ2v) is 6.58. The first-order chi connectivity index (χ1) is 12.1. The lowest BCUT2D eigenvalue weighted by atomic mass is 9.92. The number of nitrogens with zero attached hydrogens (tertiary/aromatic N) is 1. The smallest absolute Gasteiger partial charge is 0.235 e. The van der Waals surface area contributed by atoms with E-state index in [9.17, 15) is 9.90 Å². The highest BCUT2D eigenvalue weighted by Gasteiger charge is 2.30. The maximum atomic E-state index is 12.0. The van der Waals surface area contributed by atoms with Crippen molar-refractivity contribution in [2.45, 2.75) is 25.6 Å². The molecule has 1 aliphatic heterocycles. The summed E-state index contributed by atoms with van der Waals surface area (Å²) < 4.78 is 0. The number of hydrogen-bond acceptors (Lipinski definition) is 3. The molecular weight excluding hydrogens is 312 g/mol. The quantitative estimate of drug-likeness (QED) is 0.775. The third-order valence-corrected chi connectivity index (χ3v) is 5.05. The Balaban J connectivity index is 1.74. The molecule has 0 saturated heterocycles. The molecular formula is C21H20N2O2. The molecule has 4 nitrogen and oxygen atoms in total. The van der Waals surface area contributed by atoms with E-state index in [2.05, 4.69) is 17.0 Å². The highest BCUT2D eigenvalue weighted by Crippen LogP contribution is 2.31. The van der Waals surface area contributed by atoms with Gasteiger partial charge >= 0.3 is 0 Å². The Hall–Kier alpha value is -2.85. The molecule has 0 aliphatic carbocycles. The number of carbonyl (C=O) groups is 1. The van der Waals surface area contributed by atoms with E-state index >= 15 is 0 Å². The molecule has 1 heterocycles. The Morgan fingerprint density at radius 3 is 2.56 bits per heavy atom. The fourth-order valence-corrected chi connectivity index (χ4v) is 3.72. The molecule has 1 aliphatic rings. The Labute approximate surface area is 146 Å². The number of phenolic OH excluding ortho intramolecular Hbond substituents is 1. The zero-order valence-corrected chi connectivity index (χ0v) is 13.9. The normalized spacial score (nSPS) is 17.4. The molecule has 0 saturated carbocycles. The topological polar surface area (TPSA) is 66.6 Å². The maximum Gasteiger partial charge on any atom is 0.235 e. The van der Waals surface area contributed by atoms with Gasteiger partial charge in [0, 0.05) is 18.7 Å². The Kier molecular flexibility index (Phi) is 3.90. The van der Waals surface area contributed by atoms with Crippen LogP contribution in [0.2, 0.25) is 0 Å². The number of primary amides is 1. The summed E-state index contributed by atoms with van der Waals surface area (Å²) in [5.74, 6) is -0.0741. The van der Waals surface area contributed by atoms with Crippen LogP contribution in [0.4, 0.5) is 0 Å². The minimum Gasteiger partial charge on any atom is -0.508 e. The molecule has 0 bridgehead atoms. The summed E-state index contributed by atoms with van der Waals surface area (Å²) in [6.07, 6.45) is 0.608. The van der Waals surface area contributed by atoms with E-state index in [1.165, 1.54) is 11.1 Å². The van der Waals surface area contributed by atoms with Gasteiger partial charge in [0.1, 0.15) is 5.75 Å². The molecule has 126 valence electrons. The Morgan fingerprint density at radius 1 is 1.04 bits per heavy atom.